The summed E-state index contributed by atoms with van der Waals surface area (Å²) in [5, 5.41) is 12.0. The standard InChI is InChI=1S/C24H25N7O2S/c1-15-11-18(16(2)31(15)29-13-26-27-14-29)23-22(19-7-5-6-10-25-19)28-24(34)30(23)20-9-8-17(32-3)12-21(20)33-4/h5-14,22-23H,1-4H3,(H,28,34)/t22-,23-/m1/s1. The van der Waals surface area contributed by atoms with Gasteiger partial charge >= 0.3 is 0 Å². The highest BCUT2D eigenvalue weighted by Crippen LogP contribution is 2.46. The highest BCUT2D eigenvalue weighted by molar-refractivity contribution is 7.80. The Morgan fingerprint density at radius 2 is 1.79 bits per heavy atom. The highest BCUT2D eigenvalue weighted by atomic mass is 32.1. The fraction of sp³-hybridized carbons (Fsp3) is 0.250. The van der Waals surface area contributed by atoms with Crippen LogP contribution in [0.1, 0.15) is 34.7 Å². The Hall–Kier alpha value is -3.92. The van der Waals surface area contributed by atoms with Crippen LogP contribution >= 0.6 is 12.2 Å². The molecule has 3 aromatic heterocycles. The van der Waals surface area contributed by atoms with Crippen LogP contribution in [0.3, 0.4) is 0 Å². The van der Waals surface area contributed by atoms with Crippen molar-refractivity contribution in [3.63, 3.8) is 0 Å². The van der Waals surface area contributed by atoms with E-state index in [1.54, 1.807) is 33.1 Å². The maximum absolute atomic E-state index is 5.88. The number of rotatable bonds is 6. The van der Waals surface area contributed by atoms with Crippen molar-refractivity contribution in [1.82, 2.24) is 29.9 Å². The first-order valence-electron chi connectivity index (χ1n) is 10.8. The quantitative estimate of drug-likeness (QED) is 0.424. The normalized spacial score (nSPS) is 17.6. The molecule has 4 heterocycles. The van der Waals surface area contributed by atoms with Gasteiger partial charge in [0.1, 0.15) is 24.2 Å². The third-order valence-electron chi connectivity index (χ3n) is 6.13. The van der Waals surface area contributed by atoms with E-state index < -0.39 is 0 Å². The number of hydrogen-bond donors (Lipinski definition) is 1. The number of nitrogens with zero attached hydrogens (tertiary/aromatic N) is 6. The van der Waals surface area contributed by atoms with Gasteiger partial charge in [-0.15, -0.1) is 10.2 Å². The lowest BCUT2D eigenvalue weighted by molar-refractivity contribution is 0.394. The molecule has 5 rings (SSSR count). The first-order valence-corrected chi connectivity index (χ1v) is 11.2. The number of anilines is 1. The smallest absolute Gasteiger partial charge is 0.174 e. The number of ether oxygens (including phenoxy) is 2. The second kappa shape index (κ2) is 8.79. The Morgan fingerprint density at radius 1 is 1.00 bits per heavy atom. The minimum atomic E-state index is -0.180. The number of methoxy groups -OCH3 is 2. The molecule has 9 nitrogen and oxygen atoms in total. The lowest BCUT2D eigenvalue weighted by Crippen LogP contribution is -2.30. The number of nitrogens with one attached hydrogen (secondary N) is 1. The fourth-order valence-corrected chi connectivity index (χ4v) is 4.98. The molecule has 34 heavy (non-hydrogen) atoms. The lowest BCUT2D eigenvalue weighted by atomic mass is 9.96. The zero-order valence-electron chi connectivity index (χ0n) is 19.3. The maximum atomic E-state index is 5.88. The predicted molar refractivity (Wildman–Crippen MR) is 132 cm³/mol. The summed E-state index contributed by atoms with van der Waals surface area (Å²) in [5.41, 5.74) is 4.95. The molecule has 0 aliphatic carbocycles. The average molecular weight is 476 g/mol. The largest absolute Gasteiger partial charge is 0.497 e. The molecule has 0 radical (unpaired) electrons. The molecule has 1 aromatic carbocycles. The van der Waals surface area contributed by atoms with Gasteiger partial charge in [-0.25, -0.2) is 4.68 Å². The number of benzene rings is 1. The van der Waals surface area contributed by atoms with E-state index in [1.165, 1.54) is 0 Å². The summed E-state index contributed by atoms with van der Waals surface area (Å²) >= 11 is 5.88. The molecule has 0 amide bonds. The van der Waals surface area contributed by atoms with Gasteiger partial charge < -0.3 is 19.7 Å². The Kier molecular flexibility index (Phi) is 5.66. The summed E-state index contributed by atoms with van der Waals surface area (Å²) in [7, 11) is 3.28. The zero-order chi connectivity index (χ0) is 23.8. The molecule has 1 fully saturated rings. The number of aromatic nitrogens is 5. The van der Waals surface area contributed by atoms with Crippen LogP contribution in [0.4, 0.5) is 5.69 Å². The first-order chi connectivity index (χ1) is 16.5. The summed E-state index contributed by atoms with van der Waals surface area (Å²) in [6.07, 6.45) is 5.16. The summed E-state index contributed by atoms with van der Waals surface area (Å²) < 4.78 is 15.1. The van der Waals surface area contributed by atoms with Crippen LogP contribution in [-0.4, -0.2) is 43.9 Å². The van der Waals surface area contributed by atoms with E-state index in [4.69, 9.17) is 21.7 Å². The second-order valence-corrected chi connectivity index (χ2v) is 8.40. The molecule has 1 aliphatic rings. The van der Waals surface area contributed by atoms with Gasteiger partial charge in [-0.05, 0) is 56.4 Å². The average Bonchev–Trinajstić information content (AvgIpc) is 3.57. The van der Waals surface area contributed by atoms with Crippen molar-refractivity contribution in [2.75, 3.05) is 19.1 Å². The molecule has 4 aromatic rings. The molecule has 10 heteroatoms. The fourth-order valence-electron chi connectivity index (χ4n) is 4.65. The van der Waals surface area contributed by atoms with E-state index in [2.05, 4.69) is 50.0 Å². The van der Waals surface area contributed by atoms with Crippen LogP contribution in [0, 0.1) is 13.8 Å². The number of hydrogen-bond acceptors (Lipinski definition) is 6. The van der Waals surface area contributed by atoms with Crippen LogP contribution in [0.25, 0.3) is 0 Å². The van der Waals surface area contributed by atoms with E-state index in [9.17, 15) is 0 Å². The van der Waals surface area contributed by atoms with Gasteiger partial charge in [-0.1, -0.05) is 6.07 Å². The SMILES string of the molecule is COc1ccc(N2C(=S)N[C@H](c3ccccn3)[C@H]2c2cc(C)n(-n3cnnc3)c2C)c(OC)c1. The Morgan fingerprint density at radius 3 is 2.47 bits per heavy atom. The van der Waals surface area contributed by atoms with E-state index >= 15 is 0 Å². The minimum Gasteiger partial charge on any atom is -0.497 e. The van der Waals surface area contributed by atoms with Gasteiger partial charge in [0.05, 0.1) is 37.7 Å². The minimum absolute atomic E-state index is 0.171. The van der Waals surface area contributed by atoms with E-state index in [0.717, 1.165) is 28.3 Å². The molecule has 1 aliphatic heterocycles. The van der Waals surface area contributed by atoms with Crippen LogP contribution in [0.15, 0.2) is 61.3 Å². The lowest BCUT2D eigenvalue weighted by Gasteiger charge is -2.29. The van der Waals surface area contributed by atoms with Gasteiger partial charge in [0.15, 0.2) is 5.11 Å². The van der Waals surface area contributed by atoms with E-state index in [-0.39, 0.29) is 12.1 Å². The summed E-state index contributed by atoms with van der Waals surface area (Å²) in [5.74, 6) is 1.38. The number of thiocarbonyl (C=S) groups is 1. The van der Waals surface area contributed by atoms with Crippen LogP contribution < -0.4 is 19.7 Å². The zero-order valence-corrected chi connectivity index (χ0v) is 20.2. The summed E-state index contributed by atoms with van der Waals surface area (Å²) in [6, 6.07) is 13.5. The predicted octanol–water partition coefficient (Wildman–Crippen LogP) is 3.60. The Balaban J connectivity index is 1.70. The van der Waals surface area contributed by atoms with Gasteiger partial charge in [0.25, 0.3) is 0 Å². The summed E-state index contributed by atoms with van der Waals surface area (Å²) in [6.45, 7) is 4.15. The molecule has 0 unspecified atom stereocenters. The third kappa shape index (κ3) is 3.56. The first kappa shape index (κ1) is 21.9. The molecule has 2 atom stereocenters. The van der Waals surface area contributed by atoms with E-state index in [0.29, 0.717) is 16.6 Å². The Labute approximate surface area is 202 Å². The number of aryl methyl sites for hydroxylation is 1. The van der Waals surface area contributed by atoms with Crippen molar-refractivity contribution in [2.45, 2.75) is 25.9 Å². The van der Waals surface area contributed by atoms with E-state index in [1.807, 2.05) is 41.1 Å². The van der Waals surface area contributed by atoms with Crippen LogP contribution in [0.2, 0.25) is 0 Å². The van der Waals surface area contributed by atoms with Crippen LogP contribution in [-0.2, 0) is 0 Å². The monoisotopic (exact) mass is 475 g/mol. The Bertz CT molecular complexity index is 1320. The van der Waals surface area contributed by atoms with Crippen molar-refractivity contribution < 1.29 is 9.47 Å². The third-order valence-corrected chi connectivity index (χ3v) is 6.45. The molecular weight excluding hydrogens is 450 g/mol. The molecule has 0 spiro atoms. The van der Waals surface area contributed by atoms with Crippen molar-refractivity contribution in [1.29, 1.82) is 0 Å². The van der Waals surface area contributed by atoms with Crippen molar-refractivity contribution >= 4 is 23.0 Å². The molecule has 1 saturated heterocycles. The van der Waals surface area contributed by atoms with Crippen molar-refractivity contribution in [2.24, 2.45) is 0 Å². The molecule has 1 N–H and O–H groups in total. The van der Waals surface area contributed by atoms with Gasteiger partial charge in [-0.2, -0.15) is 0 Å². The van der Waals surface area contributed by atoms with Crippen molar-refractivity contribution in [3.05, 3.63) is 84.0 Å². The number of pyridine rings is 1. The summed E-state index contributed by atoms with van der Waals surface area (Å²) in [4.78, 5) is 6.75. The topological polar surface area (TPSA) is 82.3 Å². The molecule has 0 saturated carbocycles. The molecular formula is C24H25N7O2S. The highest BCUT2D eigenvalue weighted by Gasteiger charge is 2.43. The van der Waals surface area contributed by atoms with Gasteiger partial charge in [-0.3, -0.25) is 9.66 Å². The van der Waals surface area contributed by atoms with Gasteiger partial charge in [0.2, 0.25) is 0 Å². The van der Waals surface area contributed by atoms with Gasteiger partial charge in [0, 0.05) is 29.2 Å². The maximum Gasteiger partial charge on any atom is 0.174 e. The van der Waals surface area contributed by atoms with Crippen LogP contribution in [0.5, 0.6) is 11.5 Å². The molecule has 174 valence electrons. The molecule has 0 bridgehead atoms. The second-order valence-electron chi connectivity index (χ2n) is 8.01. The van der Waals surface area contributed by atoms with Crippen molar-refractivity contribution in [3.8, 4) is 11.5 Å².